The van der Waals surface area contributed by atoms with Gasteiger partial charge >= 0.3 is 0 Å². The van der Waals surface area contributed by atoms with Crippen LogP contribution < -0.4 is 10.6 Å². The van der Waals surface area contributed by atoms with Crippen molar-refractivity contribution < 1.29 is 4.79 Å². The fourth-order valence-electron chi connectivity index (χ4n) is 1.71. The third-order valence-corrected chi connectivity index (χ3v) is 3.46. The summed E-state index contributed by atoms with van der Waals surface area (Å²) >= 11 is 17.8. The lowest BCUT2D eigenvalue weighted by molar-refractivity contribution is -0.121. The topological polar surface area (TPSA) is 41.1 Å². The predicted octanol–water partition coefficient (Wildman–Crippen LogP) is 4.33. The van der Waals surface area contributed by atoms with Gasteiger partial charge in [-0.25, -0.2) is 0 Å². The summed E-state index contributed by atoms with van der Waals surface area (Å²) in [6.45, 7) is 5.84. The van der Waals surface area contributed by atoms with Crippen molar-refractivity contribution in [2.75, 3.05) is 5.32 Å². The van der Waals surface area contributed by atoms with Crippen molar-refractivity contribution in [2.24, 2.45) is 0 Å². The minimum Gasteiger partial charge on any atom is -0.362 e. The summed E-state index contributed by atoms with van der Waals surface area (Å²) < 4.78 is -1.64. The molecule has 6 heteroatoms. The average molecular weight is 338 g/mol. The van der Waals surface area contributed by atoms with Gasteiger partial charge in [0, 0.05) is 12.1 Å². The zero-order chi connectivity index (χ0) is 15.3. The second kappa shape index (κ2) is 7.39. The fourth-order valence-corrected chi connectivity index (χ4v) is 2.03. The molecule has 1 atom stereocenters. The number of amides is 1. The molecule has 3 nitrogen and oxygen atoms in total. The van der Waals surface area contributed by atoms with E-state index in [9.17, 15) is 4.79 Å². The Morgan fingerprint density at radius 3 is 2.50 bits per heavy atom. The molecule has 0 bridgehead atoms. The first-order valence-corrected chi connectivity index (χ1v) is 7.57. The number of carbonyl (C=O) groups is 1. The first-order chi connectivity index (χ1) is 9.24. The van der Waals surface area contributed by atoms with Crippen molar-refractivity contribution in [1.82, 2.24) is 5.32 Å². The van der Waals surface area contributed by atoms with Gasteiger partial charge in [-0.1, -0.05) is 53.9 Å². The van der Waals surface area contributed by atoms with E-state index < -0.39 is 9.96 Å². The van der Waals surface area contributed by atoms with Crippen molar-refractivity contribution in [3.63, 3.8) is 0 Å². The van der Waals surface area contributed by atoms with Gasteiger partial charge in [-0.05, 0) is 37.5 Å². The standard InChI is InChI=1S/C14H19Cl3N2O/c1-4-5-12(20)19-13(14(15,16)17)18-11-8-9(2)6-7-10(11)3/h6-8,13,18H,4-5H2,1-3H3,(H,19,20). The highest BCUT2D eigenvalue weighted by Crippen LogP contribution is 2.32. The molecule has 0 aliphatic heterocycles. The molecule has 0 aliphatic rings. The van der Waals surface area contributed by atoms with Crippen LogP contribution in [0.5, 0.6) is 0 Å². The highest BCUT2D eigenvalue weighted by molar-refractivity contribution is 6.68. The van der Waals surface area contributed by atoms with E-state index in [4.69, 9.17) is 34.8 Å². The number of carbonyl (C=O) groups excluding carboxylic acids is 1. The summed E-state index contributed by atoms with van der Waals surface area (Å²) in [6.07, 6.45) is 0.347. The zero-order valence-electron chi connectivity index (χ0n) is 11.8. The molecular formula is C14H19Cl3N2O. The number of hydrogen-bond acceptors (Lipinski definition) is 2. The van der Waals surface area contributed by atoms with Gasteiger partial charge in [0.1, 0.15) is 6.17 Å². The lowest BCUT2D eigenvalue weighted by Gasteiger charge is -2.28. The first-order valence-electron chi connectivity index (χ1n) is 6.44. The minimum atomic E-state index is -1.64. The summed E-state index contributed by atoms with van der Waals surface area (Å²) in [5.74, 6) is -0.151. The molecule has 112 valence electrons. The van der Waals surface area contributed by atoms with E-state index in [0.717, 1.165) is 23.2 Å². The largest absolute Gasteiger partial charge is 0.362 e. The van der Waals surface area contributed by atoms with Crippen LogP contribution in [-0.2, 0) is 4.79 Å². The van der Waals surface area contributed by atoms with Crippen LogP contribution >= 0.6 is 34.8 Å². The normalized spacial score (nSPS) is 12.9. The number of alkyl halides is 3. The Labute approximate surface area is 135 Å². The van der Waals surface area contributed by atoms with Crippen LogP contribution in [0.2, 0.25) is 0 Å². The lowest BCUT2D eigenvalue weighted by Crippen LogP contribution is -2.49. The summed E-state index contributed by atoms with van der Waals surface area (Å²) in [4.78, 5) is 11.7. The molecule has 1 aromatic rings. The highest BCUT2D eigenvalue weighted by Gasteiger charge is 2.34. The van der Waals surface area contributed by atoms with Crippen molar-refractivity contribution in [3.05, 3.63) is 29.3 Å². The maximum atomic E-state index is 11.7. The number of anilines is 1. The molecule has 1 amide bonds. The molecule has 2 N–H and O–H groups in total. The Hall–Kier alpha value is -0.640. The Kier molecular flexibility index (Phi) is 6.44. The highest BCUT2D eigenvalue weighted by atomic mass is 35.6. The van der Waals surface area contributed by atoms with Gasteiger partial charge in [-0.2, -0.15) is 0 Å². The molecule has 0 aliphatic carbocycles. The van der Waals surface area contributed by atoms with Crippen molar-refractivity contribution in [1.29, 1.82) is 0 Å². The molecule has 20 heavy (non-hydrogen) atoms. The first kappa shape index (κ1) is 17.4. The van der Waals surface area contributed by atoms with E-state index in [1.165, 1.54) is 0 Å². The van der Waals surface area contributed by atoms with Gasteiger partial charge in [0.05, 0.1) is 0 Å². The van der Waals surface area contributed by atoms with E-state index in [1.807, 2.05) is 39.0 Å². The van der Waals surface area contributed by atoms with Gasteiger partial charge in [0.2, 0.25) is 9.70 Å². The van der Waals surface area contributed by atoms with Crippen molar-refractivity contribution >= 4 is 46.4 Å². The Bertz CT molecular complexity index is 472. The molecule has 0 radical (unpaired) electrons. The number of halogens is 3. The molecule has 0 fully saturated rings. The minimum absolute atomic E-state index is 0.151. The molecule has 1 aromatic carbocycles. The molecule has 0 saturated carbocycles. The van der Waals surface area contributed by atoms with E-state index in [2.05, 4.69) is 10.6 Å². The summed E-state index contributed by atoms with van der Waals surface area (Å²) in [5, 5.41) is 5.80. The molecule has 1 unspecified atom stereocenters. The SMILES string of the molecule is CCCC(=O)NC(Nc1cc(C)ccc1C)C(Cl)(Cl)Cl. The van der Waals surface area contributed by atoms with Crippen LogP contribution in [0.4, 0.5) is 5.69 Å². The molecule has 1 rings (SSSR count). The fraction of sp³-hybridized carbons (Fsp3) is 0.500. The third kappa shape index (κ3) is 5.39. The van der Waals surface area contributed by atoms with Crippen LogP contribution in [0.3, 0.4) is 0 Å². The summed E-state index contributed by atoms with van der Waals surface area (Å²) in [6, 6.07) is 5.92. The maximum absolute atomic E-state index is 11.7. The van der Waals surface area contributed by atoms with E-state index in [0.29, 0.717) is 6.42 Å². The van der Waals surface area contributed by atoms with E-state index in [-0.39, 0.29) is 5.91 Å². The van der Waals surface area contributed by atoms with Crippen LogP contribution in [0.1, 0.15) is 30.9 Å². The average Bonchev–Trinajstić information content (AvgIpc) is 2.32. The molecule has 0 heterocycles. The second-order valence-electron chi connectivity index (χ2n) is 4.75. The quantitative estimate of drug-likeness (QED) is 0.620. The second-order valence-corrected chi connectivity index (χ2v) is 7.12. The summed E-state index contributed by atoms with van der Waals surface area (Å²) in [5.41, 5.74) is 2.93. The monoisotopic (exact) mass is 336 g/mol. The van der Waals surface area contributed by atoms with Crippen LogP contribution in [0.15, 0.2) is 18.2 Å². The Morgan fingerprint density at radius 2 is 1.95 bits per heavy atom. The number of aryl methyl sites for hydroxylation is 2. The van der Waals surface area contributed by atoms with Crippen LogP contribution in [0.25, 0.3) is 0 Å². The molecule has 0 aromatic heterocycles. The molecule has 0 saturated heterocycles. The van der Waals surface area contributed by atoms with Gasteiger partial charge in [-0.3, -0.25) is 4.79 Å². The maximum Gasteiger partial charge on any atom is 0.228 e. The van der Waals surface area contributed by atoms with Gasteiger partial charge in [0.15, 0.2) is 0 Å². The third-order valence-electron chi connectivity index (χ3n) is 2.80. The van der Waals surface area contributed by atoms with Gasteiger partial charge in [0.25, 0.3) is 0 Å². The van der Waals surface area contributed by atoms with Gasteiger partial charge < -0.3 is 10.6 Å². The number of benzene rings is 1. The molecule has 0 spiro atoms. The lowest BCUT2D eigenvalue weighted by atomic mass is 10.1. The van der Waals surface area contributed by atoms with E-state index in [1.54, 1.807) is 0 Å². The number of hydrogen-bond donors (Lipinski definition) is 2. The molecular weight excluding hydrogens is 319 g/mol. The van der Waals surface area contributed by atoms with Crippen LogP contribution in [0, 0.1) is 13.8 Å². The zero-order valence-corrected chi connectivity index (χ0v) is 14.0. The van der Waals surface area contributed by atoms with E-state index >= 15 is 0 Å². The smallest absolute Gasteiger partial charge is 0.228 e. The Morgan fingerprint density at radius 1 is 1.30 bits per heavy atom. The van der Waals surface area contributed by atoms with Gasteiger partial charge in [-0.15, -0.1) is 0 Å². The predicted molar refractivity (Wildman–Crippen MR) is 86.7 cm³/mol. The number of nitrogens with one attached hydrogen (secondary N) is 2. The van der Waals surface area contributed by atoms with Crippen molar-refractivity contribution in [2.45, 2.75) is 43.6 Å². The number of rotatable bonds is 5. The van der Waals surface area contributed by atoms with Crippen molar-refractivity contribution in [3.8, 4) is 0 Å². The summed E-state index contributed by atoms with van der Waals surface area (Å²) in [7, 11) is 0. The van der Waals surface area contributed by atoms with Crippen LogP contribution in [-0.4, -0.2) is 15.9 Å². The Balaban J connectivity index is 2.90.